The Hall–Kier alpha value is -1.75. The van der Waals surface area contributed by atoms with Crippen molar-refractivity contribution in [2.45, 2.75) is 45.6 Å². The fourth-order valence-electron chi connectivity index (χ4n) is 2.93. The van der Waals surface area contributed by atoms with Gasteiger partial charge in [-0.2, -0.15) is 0 Å². The highest BCUT2D eigenvalue weighted by Gasteiger charge is 2.17. The molecule has 0 amide bonds. The molecule has 1 aromatic carbocycles. The van der Waals surface area contributed by atoms with Gasteiger partial charge >= 0.3 is 0 Å². The molecule has 3 rings (SSSR count). The lowest BCUT2D eigenvalue weighted by molar-refractivity contribution is 0.172. The van der Waals surface area contributed by atoms with Crippen LogP contribution in [0.25, 0.3) is 11.0 Å². The molecule has 1 aliphatic heterocycles. The van der Waals surface area contributed by atoms with E-state index >= 15 is 0 Å². The number of aryl methyl sites for hydroxylation is 2. The third kappa shape index (κ3) is 3.04. The number of hydrogen-bond donors (Lipinski definition) is 1. The average Bonchev–Trinajstić information content (AvgIpc) is 2.88. The molecule has 0 aliphatic carbocycles. The second-order valence-corrected chi connectivity index (χ2v) is 5.76. The highest BCUT2D eigenvalue weighted by molar-refractivity contribution is 5.80. The van der Waals surface area contributed by atoms with Crippen LogP contribution in [0.15, 0.2) is 12.1 Å². The maximum Gasteiger partial charge on any atom is 0.163 e. The quantitative estimate of drug-likeness (QED) is 0.799. The van der Waals surface area contributed by atoms with E-state index < -0.39 is 0 Å². The van der Waals surface area contributed by atoms with Gasteiger partial charge in [0.1, 0.15) is 19.0 Å². The summed E-state index contributed by atoms with van der Waals surface area (Å²) in [5.41, 5.74) is 7.80. The Labute approximate surface area is 131 Å². The number of imidazole rings is 1. The summed E-state index contributed by atoms with van der Waals surface area (Å²) in [6.45, 7) is 5.14. The van der Waals surface area contributed by atoms with Gasteiger partial charge in [-0.25, -0.2) is 4.98 Å². The van der Waals surface area contributed by atoms with Gasteiger partial charge in [-0.15, -0.1) is 0 Å². The second kappa shape index (κ2) is 7.01. The Morgan fingerprint density at radius 1 is 1.14 bits per heavy atom. The number of nitrogens with two attached hydrogens (primary N) is 1. The smallest absolute Gasteiger partial charge is 0.163 e. The zero-order chi connectivity index (χ0) is 15.4. The van der Waals surface area contributed by atoms with Crippen LogP contribution in [0.2, 0.25) is 0 Å². The molecule has 2 heterocycles. The molecule has 0 spiro atoms. The van der Waals surface area contributed by atoms with Gasteiger partial charge in [-0.1, -0.05) is 19.8 Å². The molecule has 0 unspecified atom stereocenters. The van der Waals surface area contributed by atoms with E-state index in [0.29, 0.717) is 19.8 Å². The van der Waals surface area contributed by atoms with Gasteiger partial charge in [0, 0.05) is 25.1 Å². The SMILES string of the molecule is CCCCCn1c(CCCN)nc2cc3c(cc21)OCCO3. The fraction of sp³-hybridized carbons (Fsp3) is 0.588. The minimum absolute atomic E-state index is 0.607. The van der Waals surface area contributed by atoms with E-state index in [1.165, 1.54) is 19.3 Å². The monoisotopic (exact) mass is 303 g/mol. The lowest BCUT2D eigenvalue weighted by Crippen LogP contribution is -2.15. The van der Waals surface area contributed by atoms with Crippen LogP contribution in [-0.4, -0.2) is 29.3 Å². The zero-order valence-electron chi connectivity index (χ0n) is 13.3. The first kappa shape index (κ1) is 15.2. The molecule has 1 aromatic heterocycles. The summed E-state index contributed by atoms with van der Waals surface area (Å²) in [5, 5.41) is 0. The molecule has 120 valence electrons. The van der Waals surface area contributed by atoms with Crippen molar-refractivity contribution in [1.82, 2.24) is 9.55 Å². The molecule has 0 saturated heterocycles. The predicted octanol–water partition coefficient (Wildman–Crippen LogP) is 2.89. The van der Waals surface area contributed by atoms with Crippen LogP contribution in [0, 0.1) is 0 Å². The number of rotatable bonds is 7. The normalized spacial score (nSPS) is 13.7. The molecule has 5 nitrogen and oxygen atoms in total. The summed E-state index contributed by atoms with van der Waals surface area (Å²) in [6.07, 6.45) is 5.51. The van der Waals surface area contributed by atoms with Crippen LogP contribution < -0.4 is 15.2 Å². The first-order valence-electron chi connectivity index (χ1n) is 8.32. The van der Waals surface area contributed by atoms with Gasteiger partial charge in [0.15, 0.2) is 11.5 Å². The zero-order valence-corrected chi connectivity index (χ0v) is 13.3. The van der Waals surface area contributed by atoms with E-state index in [0.717, 1.165) is 47.7 Å². The van der Waals surface area contributed by atoms with Crippen LogP contribution >= 0.6 is 0 Å². The van der Waals surface area contributed by atoms with Gasteiger partial charge in [-0.3, -0.25) is 0 Å². The Kier molecular flexibility index (Phi) is 4.83. The van der Waals surface area contributed by atoms with Crippen molar-refractivity contribution in [3.63, 3.8) is 0 Å². The number of hydrogen-bond acceptors (Lipinski definition) is 4. The summed E-state index contributed by atoms with van der Waals surface area (Å²) in [4.78, 5) is 4.81. The van der Waals surface area contributed by atoms with E-state index in [9.17, 15) is 0 Å². The first-order chi connectivity index (χ1) is 10.8. The fourth-order valence-corrected chi connectivity index (χ4v) is 2.93. The largest absolute Gasteiger partial charge is 0.486 e. The van der Waals surface area contributed by atoms with Gasteiger partial charge in [0.2, 0.25) is 0 Å². The molecule has 2 aromatic rings. The van der Waals surface area contributed by atoms with Crippen molar-refractivity contribution in [1.29, 1.82) is 0 Å². The molecule has 22 heavy (non-hydrogen) atoms. The summed E-state index contributed by atoms with van der Waals surface area (Å²) in [6, 6.07) is 4.08. The summed E-state index contributed by atoms with van der Waals surface area (Å²) < 4.78 is 13.7. The highest BCUT2D eigenvalue weighted by atomic mass is 16.6. The Morgan fingerprint density at radius 2 is 1.91 bits per heavy atom. The molecule has 1 aliphatic rings. The summed E-state index contributed by atoms with van der Waals surface area (Å²) >= 11 is 0. The molecule has 0 saturated carbocycles. The number of ether oxygens (including phenoxy) is 2. The van der Waals surface area contributed by atoms with Crippen molar-refractivity contribution in [3.8, 4) is 11.5 Å². The molecule has 0 fully saturated rings. The van der Waals surface area contributed by atoms with Crippen molar-refractivity contribution in [2.24, 2.45) is 5.73 Å². The predicted molar refractivity (Wildman–Crippen MR) is 87.6 cm³/mol. The Bertz CT molecular complexity index is 636. The minimum atomic E-state index is 0.607. The second-order valence-electron chi connectivity index (χ2n) is 5.76. The summed E-state index contributed by atoms with van der Waals surface area (Å²) in [7, 11) is 0. The van der Waals surface area contributed by atoms with Gasteiger partial charge in [-0.05, 0) is 19.4 Å². The van der Waals surface area contributed by atoms with E-state index in [4.69, 9.17) is 20.2 Å². The standard InChI is InChI=1S/C17H25N3O2/c1-2-3-4-8-20-14-12-16-15(21-9-10-22-16)11-13(14)19-17(20)6-5-7-18/h11-12H,2-10,18H2,1H3. The third-order valence-electron chi connectivity index (χ3n) is 4.08. The lowest BCUT2D eigenvalue weighted by atomic mass is 10.2. The van der Waals surface area contributed by atoms with Crippen molar-refractivity contribution in [3.05, 3.63) is 18.0 Å². The molecular weight excluding hydrogens is 278 g/mol. The average molecular weight is 303 g/mol. The third-order valence-corrected chi connectivity index (χ3v) is 4.08. The van der Waals surface area contributed by atoms with Crippen LogP contribution in [-0.2, 0) is 13.0 Å². The Morgan fingerprint density at radius 3 is 2.64 bits per heavy atom. The molecule has 0 radical (unpaired) electrons. The molecule has 2 N–H and O–H groups in total. The van der Waals surface area contributed by atoms with Crippen molar-refractivity contribution >= 4 is 11.0 Å². The van der Waals surface area contributed by atoms with Crippen molar-refractivity contribution < 1.29 is 9.47 Å². The molecule has 5 heteroatoms. The highest BCUT2D eigenvalue weighted by Crippen LogP contribution is 2.35. The van der Waals surface area contributed by atoms with E-state index in [2.05, 4.69) is 17.6 Å². The maximum absolute atomic E-state index is 5.72. The van der Waals surface area contributed by atoms with Crippen LogP contribution in [0.1, 0.15) is 38.4 Å². The van der Waals surface area contributed by atoms with Crippen LogP contribution in [0.5, 0.6) is 11.5 Å². The maximum atomic E-state index is 5.72. The molecular formula is C17H25N3O2. The van der Waals surface area contributed by atoms with Crippen LogP contribution in [0.3, 0.4) is 0 Å². The van der Waals surface area contributed by atoms with Gasteiger partial charge < -0.3 is 19.8 Å². The number of fused-ring (bicyclic) bond motifs is 2. The number of nitrogens with zero attached hydrogens (tertiary/aromatic N) is 2. The van der Waals surface area contributed by atoms with Crippen LogP contribution in [0.4, 0.5) is 0 Å². The minimum Gasteiger partial charge on any atom is -0.486 e. The number of benzene rings is 1. The van der Waals surface area contributed by atoms with E-state index in [-0.39, 0.29) is 0 Å². The Balaban J connectivity index is 1.97. The van der Waals surface area contributed by atoms with E-state index in [1.807, 2.05) is 6.07 Å². The van der Waals surface area contributed by atoms with Gasteiger partial charge in [0.25, 0.3) is 0 Å². The number of aromatic nitrogens is 2. The van der Waals surface area contributed by atoms with Gasteiger partial charge in [0.05, 0.1) is 11.0 Å². The molecule has 0 bridgehead atoms. The topological polar surface area (TPSA) is 62.3 Å². The molecule has 0 atom stereocenters. The number of unbranched alkanes of at least 4 members (excludes halogenated alkanes) is 2. The van der Waals surface area contributed by atoms with E-state index in [1.54, 1.807) is 0 Å². The van der Waals surface area contributed by atoms with Crippen molar-refractivity contribution in [2.75, 3.05) is 19.8 Å². The summed E-state index contributed by atoms with van der Waals surface area (Å²) in [5.74, 6) is 2.77. The first-order valence-corrected chi connectivity index (χ1v) is 8.32. The lowest BCUT2D eigenvalue weighted by Gasteiger charge is -2.18.